The number of benzene rings is 4. The van der Waals surface area contributed by atoms with Gasteiger partial charge in [-0.05, 0) is 94.9 Å². The predicted octanol–water partition coefficient (Wildman–Crippen LogP) is 8.19. The van der Waals surface area contributed by atoms with Crippen LogP contribution in [0.15, 0.2) is 60.7 Å². The molecule has 6 rings (SSSR count). The number of rotatable bonds is 0. The SMILES string of the molecule is Cc1ccc2c(c1)sc1cc3cc4cc5cc(C)sc5cc4cc3cc12. The Hall–Kier alpha value is -2.42. The Labute approximate surface area is 159 Å². The summed E-state index contributed by atoms with van der Waals surface area (Å²) in [6.07, 6.45) is 0. The Morgan fingerprint density at radius 1 is 0.500 bits per heavy atom. The molecule has 0 amide bonds. The first-order chi connectivity index (χ1) is 12.6. The number of aryl methyl sites for hydroxylation is 2. The second kappa shape index (κ2) is 5.06. The third kappa shape index (κ3) is 2.06. The Morgan fingerprint density at radius 3 is 2.00 bits per heavy atom. The highest BCUT2D eigenvalue weighted by atomic mass is 32.1. The molecule has 0 aliphatic heterocycles. The van der Waals surface area contributed by atoms with E-state index in [2.05, 4.69) is 74.5 Å². The molecule has 0 aliphatic rings. The number of thiophene rings is 2. The molecule has 124 valence electrons. The molecule has 26 heavy (non-hydrogen) atoms. The van der Waals surface area contributed by atoms with Crippen molar-refractivity contribution in [1.29, 1.82) is 0 Å². The summed E-state index contributed by atoms with van der Waals surface area (Å²) < 4.78 is 4.15. The molecule has 6 aromatic rings. The first kappa shape index (κ1) is 14.7. The van der Waals surface area contributed by atoms with Gasteiger partial charge in [0.15, 0.2) is 0 Å². The van der Waals surface area contributed by atoms with E-state index < -0.39 is 0 Å². The van der Waals surface area contributed by atoms with E-state index >= 15 is 0 Å². The van der Waals surface area contributed by atoms with E-state index in [1.807, 2.05) is 22.7 Å². The lowest BCUT2D eigenvalue weighted by atomic mass is 10.0. The fourth-order valence-corrected chi connectivity index (χ4v) is 6.24. The topological polar surface area (TPSA) is 0 Å². The fraction of sp³-hybridized carbons (Fsp3) is 0.0833. The number of fused-ring (bicyclic) bond motifs is 6. The van der Waals surface area contributed by atoms with Crippen molar-refractivity contribution in [3.8, 4) is 0 Å². The maximum absolute atomic E-state index is 2.38. The van der Waals surface area contributed by atoms with E-state index in [0.29, 0.717) is 0 Å². The van der Waals surface area contributed by atoms with Crippen LogP contribution in [0.2, 0.25) is 0 Å². The minimum Gasteiger partial charge on any atom is -0.141 e. The van der Waals surface area contributed by atoms with Crippen molar-refractivity contribution in [1.82, 2.24) is 0 Å². The summed E-state index contributed by atoms with van der Waals surface area (Å²) in [7, 11) is 0. The van der Waals surface area contributed by atoms with E-state index in [1.165, 1.54) is 62.2 Å². The third-order valence-electron chi connectivity index (χ3n) is 5.30. The van der Waals surface area contributed by atoms with E-state index in [9.17, 15) is 0 Å². The van der Waals surface area contributed by atoms with Gasteiger partial charge in [-0.15, -0.1) is 22.7 Å². The molecule has 2 heteroatoms. The van der Waals surface area contributed by atoms with Gasteiger partial charge in [0.05, 0.1) is 0 Å². The summed E-state index contributed by atoms with van der Waals surface area (Å²) >= 11 is 3.78. The molecule has 0 nitrogen and oxygen atoms in total. The van der Waals surface area contributed by atoms with Crippen molar-refractivity contribution >= 4 is 74.5 Å². The maximum Gasteiger partial charge on any atom is 0.0361 e. The van der Waals surface area contributed by atoms with Crippen molar-refractivity contribution in [2.45, 2.75) is 13.8 Å². The largest absolute Gasteiger partial charge is 0.141 e. The molecule has 0 unspecified atom stereocenters. The van der Waals surface area contributed by atoms with Crippen molar-refractivity contribution in [3.05, 3.63) is 71.1 Å². The predicted molar refractivity (Wildman–Crippen MR) is 119 cm³/mol. The average molecular weight is 369 g/mol. The minimum atomic E-state index is 1.33. The van der Waals surface area contributed by atoms with Crippen LogP contribution in [0.5, 0.6) is 0 Å². The normalized spacial score (nSPS) is 12.2. The zero-order chi connectivity index (χ0) is 17.4. The molecule has 4 aromatic carbocycles. The summed E-state index contributed by atoms with van der Waals surface area (Å²) in [5.41, 5.74) is 1.33. The van der Waals surface area contributed by atoms with Crippen LogP contribution in [0.3, 0.4) is 0 Å². The fourth-order valence-electron chi connectivity index (χ4n) is 4.05. The van der Waals surface area contributed by atoms with Gasteiger partial charge < -0.3 is 0 Å². The number of hydrogen-bond donors (Lipinski definition) is 0. The molecule has 0 aliphatic carbocycles. The zero-order valence-corrected chi connectivity index (χ0v) is 16.2. The van der Waals surface area contributed by atoms with Crippen molar-refractivity contribution in [2.75, 3.05) is 0 Å². The first-order valence-electron chi connectivity index (χ1n) is 8.85. The van der Waals surface area contributed by atoms with Crippen LogP contribution < -0.4 is 0 Å². The van der Waals surface area contributed by atoms with Crippen molar-refractivity contribution < 1.29 is 0 Å². The smallest absolute Gasteiger partial charge is 0.0361 e. The third-order valence-corrected chi connectivity index (χ3v) is 7.43. The van der Waals surface area contributed by atoms with E-state index in [4.69, 9.17) is 0 Å². The van der Waals surface area contributed by atoms with Crippen LogP contribution in [-0.4, -0.2) is 0 Å². The summed E-state index contributed by atoms with van der Waals surface area (Å²) in [5.74, 6) is 0. The lowest BCUT2D eigenvalue weighted by molar-refractivity contribution is 1.52. The van der Waals surface area contributed by atoms with Crippen LogP contribution in [0.4, 0.5) is 0 Å². The molecule has 0 saturated carbocycles. The van der Waals surface area contributed by atoms with Gasteiger partial charge in [0.1, 0.15) is 0 Å². The van der Waals surface area contributed by atoms with Gasteiger partial charge in [0.2, 0.25) is 0 Å². The van der Waals surface area contributed by atoms with Crippen LogP contribution in [0.25, 0.3) is 51.8 Å². The monoisotopic (exact) mass is 368 g/mol. The molecule has 2 heterocycles. The summed E-state index contributed by atoms with van der Waals surface area (Å²) in [6.45, 7) is 4.35. The van der Waals surface area contributed by atoms with E-state index in [-0.39, 0.29) is 0 Å². The quantitative estimate of drug-likeness (QED) is 0.237. The van der Waals surface area contributed by atoms with Crippen LogP contribution in [-0.2, 0) is 0 Å². The van der Waals surface area contributed by atoms with Gasteiger partial charge in [-0.3, -0.25) is 0 Å². The molecule has 2 aromatic heterocycles. The van der Waals surface area contributed by atoms with Crippen molar-refractivity contribution in [2.24, 2.45) is 0 Å². The molecule has 0 bridgehead atoms. The lowest BCUT2D eigenvalue weighted by Gasteiger charge is -2.04. The van der Waals surface area contributed by atoms with Crippen LogP contribution in [0, 0.1) is 13.8 Å². The Morgan fingerprint density at radius 2 is 1.15 bits per heavy atom. The average Bonchev–Trinajstić information content (AvgIpc) is 3.13. The van der Waals surface area contributed by atoms with Gasteiger partial charge in [-0.25, -0.2) is 0 Å². The molecular formula is C24H16S2. The highest BCUT2D eigenvalue weighted by molar-refractivity contribution is 7.25. The van der Waals surface area contributed by atoms with Gasteiger partial charge in [0, 0.05) is 29.7 Å². The standard InChI is InChI=1S/C24H16S2/c1-13-3-4-20-21-10-16-8-17-11-22-19(6-14(2)25-22)9-15(17)7-18(16)12-24(21)26-23(20)5-13/h3-12H,1-2H3. The van der Waals surface area contributed by atoms with Gasteiger partial charge >= 0.3 is 0 Å². The van der Waals surface area contributed by atoms with Crippen molar-refractivity contribution in [3.63, 3.8) is 0 Å². The Kier molecular flexibility index (Phi) is 2.87. The molecular weight excluding hydrogens is 352 g/mol. The van der Waals surface area contributed by atoms with E-state index in [1.54, 1.807) is 0 Å². The summed E-state index contributed by atoms with van der Waals surface area (Å²) in [5, 5.41) is 9.45. The molecule has 0 saturated heterocycles. The highest BCUT2D eigenvalue weighted by Crippen LogP contribution is 2.38. The second-order valence-corrected chi connectivity index (χ2v) is 9.62. The zero-order valence-electron chi connectivity index (χ0n) is 14.6. The molecule has 0 radical (unpaired) electrons. The number of hydrogen-bond acceptors (Lipinski definition) is 2. The van der Waals surface area contributed by atoms with E-state index in [0.717, 1.165) is 0 Å². The lowest BCUT2D eigenvalue weighted by Crippen LogP contribution is -1.77. The van der Waals surface area contributed by atoms with Crippen LogP contribution in [0.1, 0.15) is 10.4 Å². The Balaban J connectivity index is 1.73. The summed E-state index contributed by atoms with van der Waals surface area (Å²) in [4.78, 5) is 1.38. The van der Waals surface area contributed by atoms with Gasteiger partial charge in [0.25, 0.3) is 0 Å². The molecule has 0 spiro atoms. The maximum atomic E-state index is 2.38. The minimum absolute atomic E-state index is 1.33. The summed E-state index contributed by atoms with van der Waals surface area (Å²) in [6, 6.07) is 23.2. The molecule has 0 N–H and O–H groups in total. The molecule has 0 atom stereocenters. The molecule has 0 fully saturated rings. The second-order valence-electron chi connectivity index (χ2n) is 7.24. The Bertz CT molecular complexity index is 1480. The van der Waals surface area contributed by atoms with Gasteiger partial charge in [-0.1, -0.05) is 12.1 Å². The first-order valence-corrected chi connectivity index (χ1v) is 10.5. The van der Waals surface area contributed by atoms with Gasteiger partial charge in [-0.2, -0.15) is 0 Å². The van der Waals surface area contributed by atoms with Crippen LogP contribution >= 0.6 is 22.7 Å². The highest BCUT2D eigenvalue weighted by Gasteiger charge is 2.09.